The van der Waals surface area contributed by atoms with Crippen molar-refractivity contribution in [2.45, 2.75) is 31.7 Å². The maximum absolute atomic E-state index is 12.2. The fraction of sp³-hybridized carbons (Fsp3) is 0.333. The topological polar surface area (TPSA) is 88.2 Å². The van der Waals surface area contributed by atoms with Crippen LogP contribution in [0.4, 0.5) is 0 Å². The molecule has 2 N–H and O–H groups in total. The highest BCUT2D eigenvalue weighted by atomic mass is 32.2. The molecule has 1 heterocycles. The molecule has 0 atom stereocenters. The maximum atomic E-state index is 12.2. The van der Waals surface area contributed by atoms with Gasteiger partial charge in [0.25, 0.3) is 5.91 Å². The van der Waals surface area contributed by atoms with Crippen molar-refractivity contribution in [2.75, 3.05) is 6.54 Å². The summed E-state index contributed by atoms with van der Waals surface area (Å²) in [5.41, 5.74) is 1.35. The summed E-state index contributed by atoms with van der Waals surface area (Å²) in [5, 5.41) is 2.79. The molecule has 0 fully saturated rings. The third-order valence-corrected chi connectivity index (χ3v) is 5.12. The number of nitrogens with one attached hydrogen (secondary N) is 2. The van der Waals surface area contributed by atoms with Gasteiger partial charge in [-0.15, -0.1) is 0 Å². The lowest BCUT2D eigenvalue weighted by Crippen LogP contribution is -2.26. The molecule has 0 unspecified atom stereocenters. The van der Waals surface area contributed by atoms with Crippen molar-refractivity contribution >= 4 is 15.9 Å². The van der Waals surface area contributed by atoms with E-state index in [2.05, 4.69) is 15.0 Å². The van der Waals surface area contributed by atoms with Gasteiger partial charge in [-0.2, -0.15) is 0 Å². The number of carbonyl (C=O) groups is 1. The van der Waals surface area contributed by atoms with Crippen molar-refractivity contribution in [3.8, 4) is 0 Å². The third kappa shape index (κ3) is 5.95. The summed E-state index contributed by atoms with van der Waals surface area (Å²) >= 11 is 0. The second kappa shape index (κ2) is 8.73. The summed E-state index contributed by atoms with van der Waals surface area (Å²) in [6, 6.07) is 9.55. The highest BCUT2D eigenvalue weighted by Crippen LogP contribution is 2.11. The second-order valence-corrected chi connectivity index (χ2v) is 7.91. The van der Waals surface area contributed by atoms with Crippen LogP contribution in [0.2, 0.25) is 0 Å². The molecule has 0 aliphatic heterocycles. The molecule has 2 aromatic rings. The largest absolute Gasteiger partial charge is 0.348 e. The van der Waals surface area contributed by atoms with Crippen LogP contribution in [-0.2, 0) is 16.6 Å². The quantitative estimate of drug-likeness (QED) is 0.755. The monoisotopic (exact) mass is 361 g/mol. The number of benzene rings is 1. The summed E-state index contributed by atoms with van der Waals surface area (Å²) in [7, 11) is -3.54. The van der Waals surface area contributed by atoms with E-state index in [1.165, 1.54) is 24.3 Å². The van der Waals surface area contributed by atoms with Crippen LogP contribution in [0.3, 0.4) is 0 Å². The molecule has 2 rings (SSSR count). The summed E-state index contributed by atoms with van der Waals surface area (Å²) in [6.45, 7) is 4.85. The number of pyridine rings is 1. The molecule has 1 aromatic heterocycles. The van der Waals surface area contributed by atoms with Gasteiger partial charge in [-0.25, -0.2) is 13.1 Å². The van der Waals surface area contributed by atoms with Crippen LogP contribution in [0.5, 0.6) is 0 Å². The highest BCUT2D eigenvalue weighted by molar-refractivity contribution is 7.89. The number of hydrogen-bond acceptors (Lipinski definition) is 4. The smallest absolute Gasteiger partial charge is 0.251 e. The van der Waals surface area contributed by atoms with Crippen LogP contribution in [0, 0.1) is 5.92 Å². The number of carbonyl (C=O) groups excluding carboxylic acids is 1. The minimum Gasteiger partial charge on any atom is -0.348 e. The Balaban J connectivity index is 1.95. The van der Waals surface area contributed by atoms with Crippen molar-refractivity contribution in [1.82, 2.24) is 15.0 Å². The molecule has 1 amide bonds. The first-order chi connectivity index (χ1) is 11.9. The first-order valence-corrected chi connectivity index (χ1v) is 9.63. The summed E-state index contributed by atoms with van der Waals surface area (Å²) in [5.74, 6) is 0.169. The lowest BCUT2D eigenvalue weighted by atomic mass is 10.1. The number of hydrogen-bond donors (Lipinski definition) is 2. The number of nitrogens with zero attached hydrogens (tertiary/aromatic N) is 1. The molecular formula is C18H23N3O3S. The van der Waals surface area contributed by atoms with E-state index in [0.717, 1.165) is 12.0 Å². The van der Waals surface area contributed by atoms with Crippen LogP contribution in [0.15, 0.2) is 53.7 Å². The molecule has 6 nitrogen and oxygen atoms in total. The minimum atomic E-state index is -3.54. The number of amides is 1. The Kier molecular flexibility index (Phi) is 6.66. The molecule has 0 spiro atoms. The van der Waals surface area contributed by atoms with Gasteiger partial charge in [-0.3, -0.25) is 9.78 Å². The van der Waals surface area contributed by atoms with Crippen molar-refractivity contribution in [1.29, 1.82) is 0 Å². The molecule has 25 heavy (non-hydrogen) atoms. The zero-order chi connectivity index (χ0) is 18.3. The van der Waals surface area contributed by atoms with Crippen LogP contribution < -0.4 is 10.0 Å². The van der Waals surface area contributed by atoms with Gasteiger partial charge < -0.3 is 5.32 Å². The molecule has 1 aromatic carbocycles. The normalized spacial score (nSPS) is 11.5. The fourth-order valence-corrected chi connectivity index (χ4v) is 3.18. The lowest BCUT2D eigenvalue weighted by molar-refractivity contribution is 0.0951. The number of aromatic nitrogens is 1. The van der Waals surface area contributed by atoms with Gasteiger partial charge in [0.1, 0.15) is 0 Å². The zero-order valence-electron chi connectivity index (χ0n) is 14.4. The van der Waals surface area contributed by atoms with E-state index in [0.29, 0.717) is 24.6 Å². The Hall–Kier alpha value is -2.25. The standard InChI is InChI=1S/C18H23N3O3S/c1-14(2)7-12-21-25(23,24)17-5-3-16(4-6-17)18(22)20-13-15-8-10-19-11-9-15/h3-6,8-11,14,21H,7,12-13H2,1-2H3,(H,20,22). The summed E-state index contributed by atoms with van der Waals surface area (Å²) in [6.07, 6.45) is 4.09. The Labute approximate surface area is 148 Å². The van der Waals surface area contributed by atoms with Crippen molar-refractivity contribution in [3.05, 3.63) is 59.9 Å². The van der Waals surface area contributed by atoms with Gasteiger partial charge >= 0.3 is 0 Å². The van der Waals surface area contributed by atoms with E-state index < -0.39 is 10.0 Å². The lowest BCUT2D eigenvalue weighted by Gasteiger charge is -2.09. The van der Waals surface area contributed by atoms with Gasteiger partial charge in [0, 0.05) is 31.0 Å². The molecule has 0 radical (unpaired) electrons. The molecule has 0 saturated carbocycles. The van der Waals surface area contributed by atoms with Crippen LogP contribution in [-0.4, -0.2) is 25.9 Å². The molecule has 0 aliphatic rings. The summed E-state index contributed by atoms with van der Waals surface area (Å²) in [4.78, 5) is 16.2. The van der Waals surface area contributed by atoms with E-state index in [1.807, 2.05) is 26.0 Å². The SMILES string of the molecule is CC(C)CCNS(=O)(=O)c1ccc(C(=O)NCc2ccncc2)cc1. The van der Waals surface area contributed by atoms with E-state index >= 15 is 0 Å². The predicted octanol–water partition coefficient (Wildman–Crippen LogP) is 2.34. The Morgan fingerprint density at radius 3 is 2.32 bits per heavy atom. The van der Waals surface area contributed by atoms with Crippen LogP contribution in [0.1, 0.15) is 36.2 Å². The van der Waals surface area contributed by atoms with Crippen molar-refractivity contribution < 1.29 is 13.2 Å². The number of rotatable bonds is 8. The van der Waals surface area contributed by atoms with Crippen LogP contribution >= 0.6 is 0 Å². The highest BCUT2D eigenvalue weighted by Gasteiger charge is 2.14. The third-order valence-electron chi connectivity index (χ3n) is 3.64. The molecule has 0 aliphatic carbocycles. The Bertz CT molecular complexity index is 788. The van der Waals surface area contributed by atoms with E-state index in [9.17, 15) is 13.2 Å². The first kappa shape index (κ1) is 19.1. The van der Waals surface area contributed by atoms with E-state index in [1.54, 1.807) is 12.4 Å². The van der Waals surface area contributed by atoms with E-state index in [-0.39, 0.29) is 10.8 Å². The average Bonchev–Trinajstić information content (AvgIpc) is 2.60. The molecule has 7 heteroatoms. The molecule has 0 saturated heterocycles. The predicted molar refractivity (Wildman–Crippen MR) is 96.5 cm³/mol. The van der Waals surface area contributed by atoms with Gasteiger partial charge in [-0.05, 0) is 54.3 Å². The minimum absolute atomic E-state index is 0.155. The van der Waals surface area contributed by atoms with Crippen molar-refractivity contribution in [3.63, 3.8) is 0 Å². The Morgan fingerprint density at radius 2 is 1.72 bits per heavy atom. The zero-order valence-corrected chi connectivity index (χ0v) is 15.2. The summed E-state index contributed by atoms with van der Waals surface area (Å²) < 4.78 is 26.9. The maximum Gasteiger partial charge on any atom is 0.251 e. The van der Waals surface area contributed by atoms with Crippen molar-refractivity contribution in [2.24, 2.45) is 5.92 Å². The second-order valence-electron chi connectivity index (χ2n) is 6.14. The molecule has 0 bridgehead atoms. The molecular weight excluding hydrogens is 338 g/mol. The number of sulfonamides is 1. The first-order valence-electron chi connectivity index (χ1n) is 8.15. The average molecular weight is 361 g/mol. The van der Waals surface area contributed by atoms with Gasteiger partial charge in [0.05, 0.1) is 4.90 Å². The van der Waals surface area contributed by atoms with Gasteiger partial charge in [0.2, 0.25) is 10.0 Å². The van der Waals surface area contributed by atoms with E-state index in [4.69, 9.17) is 0 Å². The fourth-order valence-electron chi connectivity index (χ4n) is 2.14. The van der Waals surface area contributed by atoms with Gasteiger partial charge in [0.15, 0.2) is 0 Å². The molecule has 134 valence electrons. The van der Waals surface area contributed by atoms with Gasteiger partial charge in [-0.1, -0.05) is 13.8 Å². The van der Waals surface area contributed by atoms with Crippen LogP contribution in [0.25, 0.3) is 0 Å². The Morgan fingerprint density at radius 1 is 1.08 bits per heavy atom.